The molecule has 1 atom stereocenters. The van der Waals surface area contributed by atoms with Gasteiger partial charge in [0.2, 0.25) is 5.88 Å². The summed E-state index contributed by atoms with van der Waals surface area (Å²) in [5.41, 5.74) is 2.74. The molecule has 0 spiro atoms. The normalized spacial score (nSPS) is 17.1. The lowest BCUT2D eigenvalue weighted by Gasteiger charge is -2.32. The quantitative estimate of drug-likeness (QED) is 0.712. The van der Waals surface area contributed by atoms with Gasteiger partial charge in [-0.3, -0.25) is 9.78 Å². The summed E-state index contributed by atoms with van der Waals surface area (Å²) in [5.74, 6) is 1.13. The number of rotatable bonds is 3. The zero-order chi connectivity index (χ0) is 18.8. The van der Waals surface area contributed by atoms with Crippen LogP contribution in [0.5, 0.6) is 5.88 Å². The first-order valence-corrected chi connectivity index (χ1v) is 9.08. The molecule has 27 heavy (non-hydrogen) atoms. The molecule has 1 aliphatic rings. The van der Waals surface area contributed by atoms with Gasteiger partial charge in [-0.15, -0.1) is 0 Å². The second kappa shape index (κ2) is 7.26. The SMILES string of the molecule is Cc1cc(O[C@H]2CCCN(C(=O)c3cnc4ccccc4n3)C2)nc(C)n1. The number of likely N-dealkylation sites (tertiary alicyclic amines) is 1. The van der Waals surface area contributed by atoms with E-state index >= 15 is 0 Å². The Hall–Kier alpha value is -3.09. The highest BCUT2D eigenvalue weighted by atomic mass is 16.5. The number of para-hydroxylation sites is 2. The lowest BCUT2D eigenvalue weighted by atomic mass is 10.1. The van der Waals surface area contributed by atoms with E-state index in [2.05, 4.69) is 19.9 Å². The second-order valence-corrected chi connectivity index (χ2v) is 6.77. The summed E-state index contributed by atoms with van der Waals surface area (Å²) in [6, 6.07) is 9.36. The van der Waals surface area contributed by atoms with Gasteiger partial charge < -0.3 is 9.64 Å². The van der Waals surface area contributed by atoms with E-state index in [9.17, 15) is 4.79 Å². The van der Waals surface area contributed by atoms with Gasteiger partial charge in [0.1, 0.15) is 17.6 Å². The molecular weight excluding hydrogens is 342 g/mol. The first-order valence-electron chi connectivity index (χ1n) is 9.08. The minimum absolute atomic E-state index is 0.0928. The first kappa shape index (κ1) is 17.3. The first-order chi connectivity index (χ1) is 13.1. The highest BCUT2D eigenvalue weighted by Gasteiger charge is 2.27. The molecule has 3 heterocycles. The second-order valence-electron chi connectivity index (χ2n) is 6.77. The van der Waals surface area contributed by atoms with E-state index in [-0.39, 0.29) is 12.0 Å². The van der Waals surface area contributed by atoms with Crippen LogP contribution in [0.2, 0.25) is 0 Å². The number of hydrogen-bond donors (Lipinski definition) is 0. The van der Waals surface area contributed by atoms with Crippen molar-refractivity contribution in [3.63, 3.8) is 0 Å². The smallest absolute Gasteiger partial charge is 0.274 e. The Bertz CT molecular complexity index is 971. The van der Waals surface area contributed by atoms with Gasteiger partial charge in [-0.2, -0.15) is 4.98 Å². The monoisotopic (exact) mass is 363 g/mol. The number of hydrogen-bond acceptors (Lipinski definition) is 6. The summed E-state index contributed by atoms with van der Waals surface area (Å²) in [5, 5.41) is 0. The maximum Gasteiger partial charge on any atom is 0.274 e. The predicted molar refractivity (Wildman–Crippen MR) is 101 cm³/mol. The van der Waals surface area contributed by atoms with E-state index in [4.69, 9.17) is 4.74 Å². The molecule has 1 aromatic carbocycles. The molecule has 4 rings (SSSR count). The third-order valence-electron chi connectivity index (χ3n) is 4.56. The van der Waals surface area contributed by atoms with Gasteiger partial charge in [0.25, 0.3) is 5.91 Å². The van der Waals surface area contributed by atoms with Gasteiger partial charge in [-0.05, 0) is 38.8 Å². The van der Waals surface area contributed by atoms with E-state index in [1.807, 2.05) is 44.2 Å². The fourth-order valence-corrected chi connectivity index (χ4v) is 3.36. The van der Waals surface area contributed by atoms with Gasteiger partial charge in [0.15, 0.2) is 0 Å². The number of nitrogens with zero attached hydrogens (tertiary/aromatic N) is 5. The largest absolute Gasteiger partial charge is 0.472 e. The van der Waals surface area contributed by atoms with Crippen molar-refractivity contribution in [2.24, 2.45) is 0 Å². The number of benzene rings is 1. The van der Waals surface area contributed by atoms with Gasteiger partial charge in [-0.25, -0.2) is 9.97 Å². The molecule has 1 aliphatic heterocycles. The number of fused-ring (bicyclic) bond motifs is 1. The van der Waals surface area contributed by atoms with Crippen LogP contribution in [0.3, 0.4) is 0 Å². The zero-order valence-corrected chi connectivity index (χ0v) is 15.4. The molecule has 2 aromatic heterocycles. The molecule has 1 saturated heterocycles. The van der Waals surface area contributed by atoms with Crippen LogP contribution in [-0.4, -0.2) is 49.9 Å². The molecule has 3 aromatic rings. The molecule has 0 unspecified atom stereocenters. The molecule has 0 bridgehead atoms. The molecule has 1 amide bonds. The maximum absolute atomic E-state index is 12.9. The van der Waals surface area contributed by atoms with Gasteiger partial charge in [-0.1, -0.05) is 12.1 Å². The third-order valence-corrected chi connectivity index (χ3v) is 4.56. The molecule has 0 radical (unpaired) electrons. The Balaban J connectivity index is 1.48. The van der Waals surface area contributed by atoms with E-state index in [0.29, 0.717) is 30.5 Å². The number of piperidine rings is 1. The number of carbonyl (C=O) groups is 1. The number of ether oxygens (including phenoxy) is 1. The molecular formula is C20H21N5O2. The summed E-state index contributed by atoms with van der Waals surface area (Å²) in [7, 11) is 0. The van der Waals surface area contributed by atoms with Crippen LogP contribution < -0.4 is 4.74 Å². The van der Waals surface area contributed by atoms with Gasteiger partial charge in [0.05, 0.1) is 23.8 Å². The van der Waals surface area contributed by atoms with Crippen molar-refractivity contribution in [2.75, 3.05) is 13.1 Å². The van der Waals surface area contributed by atoms with Crippen molar-refractivity contribution >= 4 is 16.9 Å². The fraction of sp³-hybridized carbons (Fsp3) is 0.350. The highest BCUT2D eigenvalue weighted by molar-refractivity contribution is 5.93. The van der Waals surface area contributed by atoms with Crippen LogP contribution in [0.25, 0.3) is 11.0 Å². The average molecular weight is 363 g/mol. The van der Waals surface area contributed by atoms with E-state index in [0.717, 1.165) is 29.6 Å². The Kier molecular flexibility index (Phi) is 4.66. The highest BCUT2D eigenvalue weighted by Crippen LogP contribution is 2.19. The predicted octanol–water partition coefficient (Wildman–Crippen LogP) is 2.72. The topological polar surface area (TPSA) is 81.1 Å². The maximum atomic E-state index is 12.9. The van der Waals surface area contributed by atoms with Crippen LogP contribution in [0.1, 0.15) is 34.8 Å². The van der Waals surface area contributed by atoms with E-state index in [1.54, 1.807) is 11.1 Å². The van der Waals surface area contributed by atoms with Crippen molar-refractivity contribution < 1.29 is 9.53 Å². The molecule has 0 aliphatic carbocycles. The van der Waals surface area contributed by atoms with E-state index < -0.39 is 0 Å². The Morgan fingerprint density at radius 2 is 1.96 bits per heavy atom. The molecule has 7 heteroatoms. The lowest BCUT2D eigenvalue weighted by molar-refractivity contribution is 0.0521. The van der Waals surface area contributed by atoms with Gasteiger partial charge >= 0.3 is 0 Å². The summed E-state index contributed by atoms with van der Waals surface area (Å²) in [4.78, 5) is 32.1. The number of aromatic nitrogens is 4. The Labute approximate surface area is 157 Å². The van der Waals surface area contributed by atoms with E-state index in [1.165, 1.54) is 0 Å². The van der Waals surface area contributed by atoms with Crippen molar-refractivity contribution in [1.82, 2.24) is 24.8 Å². The van der Waals surface area contributed by atoms with Crippen molar-refractivity contribution in [3.05, 3.63) is 53.7 Å². The number of aryl methyl sites for hydroxylation is 2. The third kappa shape index (κ3) is 3.86. The summed E-state index contributed by atoms with van der Waals surface area (Å²) >= 11 is 0. The Morgan fingerprint density at radius 3 is 2.78 bits per heavy atom. The summed E-state index contributed by atoms with van der Waals surface area (Å²) < 4.78 is 6.02. The standard InChI is InChI=1S/C20H21N5O2/c1-13-10-19(23-14(2)22-13)27-15-6-5-9-25(12-15)20(26)18-11-21-16-7-3-4-8-17(16)24-18/h3-4,7-8,10-11,15H,5-6,9,12H2,1-2H3/t15-/m0/s1. The Morgan fingerprint density at radius 1 is 1.15 bits per heavy atom. The van der Waals surface area contributed by atoms with Gasteiger partial charge in [0, 0.05) is 18.3 Å². The summed E-state index contributed by atoms with van der Waals surface area (Å²) in [6.45, 7) is 4.95. The van der Waals surface area contributed by atoms with Crippen molar-refractivity contribution in [1.29, 1.82) is 0 Å². The zero-order valence-electron chi connectivity index (χ0n) is 15.4. The average Bonchev–Trinajstić information content (AvgIpc) is 2.66. The van der Waals surface area contributed by atoms with Crippen molar-refractivity contribution in [2.45, 2.75) is 32.8 Å². The van der Waals surface area contributed by atoms with Crippen LogP contribution in [0.15, 0.2) is 36.5 Å². The van der Waals surface area contributed by atoms with Crippen molar-refractivity contribution in [3.8, 4) is 5.88 Å². The van der Waals surface area contributed by atoms with Crippen LogP contribution >= 0.6 is 0 Å². The number of carbonyl (C=O) groups excluding carboxylic acids is 1. The molecule has 7 nitrogen and oxygen atoms in total. The molecule has 138 valence electrons. The number of amides is 1. The summed E-state index contributed by atoms with van der Waals surface area (Å²) in [6.07, 6.45) is 3.21. The molecule has 0 saturated carbocycles. The van der Waals surface area contributed by atoms with Crippen LogP contribution in [0, 0.1) is 13.8 Å². The fourth-order valence-electron chi connectivity index (χ4n) is 3.36. The minimum Gasteiger partial charge on any atom is -0.472 e. The molecule has 1 fully saturated rings. The van der Waals surface area contributed by atoms with Crippen LogP contribution in [-0.2, 0) is 0 Å². The lowest BCUT2D eigenvalue weighted by Crippen LogP contribution is -2.44. The minimum atomic E-state index is -0.114. The molecule has 0 N–H and O–H groups in total. The van der Waals surface area contributed by atoms with Crippen LogP contribution in [0.4, 0.5) is 0 Å².